The molecule has 0 spiro atoms. The highest BCUT2D eigenvalue weighted by Gasteiger charge is 2.32. The Bertz CT molecular complexity index is 1230. The second-order valence-electron chi connectivity index (χ2n) is 6.36. The van der Waals surface area contributed by atoms with Crippen LogP contribution in [0.5, 0.6) is 23.0 Å². The van der Waals surface area contributed by atoms with E-state index in [9.17, 15) is 21.6 Å². The molecule has 0 aliphatic heterocycles. The van der Waals surface area contributed by atoms with Crippen molar-refractivity contribution in [3.63, 3.8) is 0 Å². The molecule has 0 unspecified atom stereocenters. The number of para-hydroxylation sites is 2. The number of ether oxygens (including phenoxy) is 3. The summed E-state index contributed by atoms with van der Waals surface area (Å²) in [7, 11) is -1.76. The lowest BCUT2D eigenvalue weighted by Gasteiger charge is -2.18. The van der Waals surface area contributed by atoms with Gasteiger partial charge in [0.05, 0.1) is 25.5 Å². The van der Waals surface area contributed by atoms with E-state index in [0.717, 1.165) is 18.2 Å². The van der Waals surface area contributed by atoms with E-state index in [1.807, 2.05) is 0 Å². The number of hydrogen-bond donors (Lipinski definition) is 1. The largest absolute Gasteiger partial charge is 0.495 e. The summed E-state index contributed by atoms with van der Waals surface area (Å²) in [5, 5.41) is 0.0979. The van der Waals surface area contributed by atoms with E-state index >= 15 is 0 Å². The van der Waals surface area contributed by atoms with Crippen LogP contribution in [0, 0.1) is 0 Å². The molecule has 3 rings (SSSR count). The normalized spacial score (nSPS) is 11.7. The minimum absolute atomic E-state index is 0.0407. The van der Waals surface area contributed by atoms with Crippen LogP contribution in [0.1, 0.15) is 5.56 Å². The van der Waals surface area contributed by atoms with Gasteiger partial charge in [0, 0.05) is 5.02 Å². The summed E-state index contributed by atoms with van der Waals surface area (Å²) in [4.78, 5) is -0.354. The van der Waals surface area contributed by atoms with Gasteiger partial charge in [-0.25, -0.2) is 8.42 Å². The van der Waals surface area contributed by atoms with Gasteiger partial charge < -0.3 is 14.2 Å². The van der Waals surface area contributed by atoms with Crippen molar-refractivity contribution in [2.75, 3.05) is 18.9 Å². The van der Waals surface area contributed by atoms with Gasteiger partial charge in [-0.05, 0) is 48.5 Å². The first-order valence-electron chi connectivity index (χ1n) is 8.93. The third kappa shape index (κ3) is 5.20. The second-order valence-corrected chi connectivity index (χ2v) is 8.45. The number of halogens is 4. The van der Waals surface area contributed by atoms with E-state index in [0.29, 0.717) is 11.8 Å². The highest BCUT2D eigenvalue weighted by Crippen LogP contribution is 2.40. The molecule has 170 valence electrons. The van der Waals surface area contributed by atoms with Crippen LogP contribution in [0.2, 0.25) is 5.02 Å². The lowest BCUT2D eigenvalue weighted by atomic mass is 10.2. The number of methoxy groups -OCH3 is 2. The van der Waals surface area contributed by atoms with Crippen LogP contribution in [-0.4, -0.2) is 22.6 Å². The van der Waals surface area contributed by atoms with Gasteiger partial charge >= 0.3 is 6.18 Å². The summed E-state index contributed by atoms with van der Waals surface area (Å²) in [6, 6.07) is 12.7. The molecule has 0 amide bonds. The molecule has 3 aromatic carbocycles. The molecule has 0 heterocycles. The Morgan fingerprint density at radius 2 is 1.47 bits per heavy atom. The molecule has 0 saturated carbocycles. The first-order valence-corrected chi connectivity index (χ1v) is 10.8. The molecule has 0 aliphatic rings. The van der Waals surface area contributed by atoms with Crippen molar-refractivity contribution in [3.05, 3.63) is 71.2 Å². The molecular formula is C21H17ClF3NO5S. The average molecular weight is 488 g/mol. The fourth-order valence-corrected chi connectivity index (χ4v) is 4.25. The fourth-order valence-electron chi connectivity index (χ4n) is 2.76. The lowest BCUT2D eigenvalue weighted by Crippen LogP contribution is -2.16. The van der Waals surface area contributed by atoms with Crippen molar-refractivity contribution in [2.24, 2.45) is 0 Å². The number of benzene rings is 3. The first-order chi connectivity index (χ1) is 15.0. The zero-order valence-corrected chi connectivity index (χ0v) is 18.3. The first kappa shape index (κ1) is 23.6. The van der Waals surface area contributed by atoms with Gasteiger partial charge in [-0.1, -0.05) is 23.7 Å². The van der Waals surface area contributed by atoms with Crippen LogP contribution in [0.4, 0.5) is 18.9 Å². The van der Waals surface area contributed by atoms with Gasteiger partial charge in [-0.2, -0.15) is 13.2 Å². The van der Waals surface area contributed by atoms with E-state index in [1.165, 1.54) is 32.4 Å². The topological polar surface area (TPSA) is 73.9 Å². The highest BCUT2D eigenvalue weighted by atomic mass is 35.5. The van der Waals surface area contributed by atoms with Crippen LogP contribution >= 0.6 is 11.6 Å². The van der Waals surface area contributed by atoms with Gasteiger partial charge in [-0.3, -0.25) is 4.72 Å². The fraction of sp³-hybridized carbons (Fsp3) is 0.143. The molecule has 0 radical (unpaired) electrons. The minimum Gasteiger partial charge on any atom is -0.495 e. The van der Waals surface area contributed by atoms with E-state index < -0.39 is 27.5 Å². The molecule has 0 fully saturated rings. The van der Waals surface area contributed by atoms with Crippen molar-refractivity contribution < 1.29 is 35.8 Å². The number of anilines is 1. The van der Waals surface area contributed by atoms with Crippen molar-refractivity contribution >= 4 is 27.3 Å². The number of rotatable bonds is 7. The van der Waals surface area contributed by atoms with Gasteiger partial charge in [-0.15, -0.1) is 0 Å². The minimum atomic E-state index is -4.71. The Kier molecular flexibility index (Phi) is 6.75. The number of alkyl halides is 3. The SMILES string of the molecule is COc1ccccc1Oc1ccc(C(F)(F)F)cc1NS(=O)(=O)c1cc(Cl)ccc1OC. The van der Waals surface area contributed by atoms with E-state index in [1.54, 1.807) is 18.2 Å². The molecule has 32 heavy (non-hydrogen) atoms. The van der Waals surface area contributed by atoms with Gasteiger partial charge in [0.25, 0.3) is 10.0 Å². The van der Waals surface area contributed by atoms with Crippen molar-refractivity contribution in [2.45, 2.75) is 11.1 Å². The molecule has 0 aromatic heterocycles. The monoisotopic (exact) mass is 487 g/mol. The molecule has 0 aliphatic carbocycles. The van der Waals surface area contributed by atoms with Crippen LogP contribution in [-0.2, 0) is 16.2 Å². The van der Waals surface area contributed by atoms with Gasteiger partial charge in [0.15, 0.2) is 17.2 Å². The molecular weight excluding hydrogens is 471 g/mol. The second kappa shape index (κ2) is 9.17. The van der Waals surface area contributed by atoms with Crippen LogP contribution in [0.25, 0.3) is 0 Å². The summed E-state index contributed by atoms with van der Waals surface area (Å²) in [6.07, 6.45) is -4.71. The van der Waals surface area contributed by atoms with Crippen LogP contribution in [0.15, 0.2) is 65.6 Å². The smallest absolute Gasteiger partial charge is 0.416 e. The molecule has 0 atom stereocenters. The zero-order chi connectivity index (χ0) is 23.5. The van der Waals surface area contributed by atoms with Crippen molar-refractivity contribution in [1.29, 1.82) is 0 Å². The predicted molar refractivity (Wildman–Crippen MR) is 113 cm³/mol. The van der Waals surface area contributed by atoms with E-state index in [2.05, 4.69) is 4.72 Å². The third-order valence-electron chi connectivity index (χ3n) is 4.26. The third-order valence-corrected chi connectivity index (χ3v) is 5.88. The maximum absolute atomic E-state index is 13.3. The van der Waals surface area contributed by atoms with Crippen LogP contribution < -0.4 is 18.9 Å². The van der Waals surface area contributed by atoms with Crippen molar-refractivity contribution in [1.82, 2.24) is 0 Å². The molecule has 3 aromatic rings. The van der Waals surface area contributed by atoms with Gasteiger partial charge in [0.2, 0.25) is 0 Å². The predicted octanol–water partition coefficient (Wildman–Crippen LogP) is 5.97. The number of hydrogen-bond acceptors (Lipinski definition) is 5. The highest BCUT2D eigenvalue weighted by molar-refractivity contribution is 7.92. The lowest BCUT2D eigenvalue weighted by molar-refractivity contribution is -0.137. The maximum atomic E-state index is 13.3. The summed E-state index contributed by atoms with van der Waals surface area (Å²) in [5.74, 6) is 0.265. The molecule has 1 N–H and O–H groups in total. The molecule has 0 bridgehead atoms. The standard InChI is InChI=1S/C21H17ClF3NO5S/c1-29-17-5-3-4-6-18(17)31-16-9-7-13(21(23,24)25)11-15(16)26-32(27,28)20-12-14(22)8-10-19(20)30-2/h3-12,26H,1-2H3. The summed E-state index contributed by atoms with van der Waals surface area (Å²) in [5.41, 5.74) is -1.51. The molecule has 11 heteroatoms. The quantitative estimate of drug-likeness (QED) is 0.444. The Morgan fingerprint density at radius 3 is 2.09 bits per heavy atom. The zero-order valence-electron chi connectivity index (χ0n) is 16.7. The average Bonchev–Trinajstić information content (AvgIpc) is 2.74. The van der Waals surface area contributed by atoms with E-state index in [4.69, 9.17) is 25.8 Å². The maximum Gasteiger partial charge on any atom is 0.416 e. The molecule has 6 nitrogen and oxygen atoms in total. The molecule has 0 saturated heterocycles. The van der Waals surface area contributed by atoms with Crippen molar-refractivity contribution in [3.8, 4) is 23.0 Å². The number of nitrogens with one attached hydrogen (secondary N) is 1. The summed E-state index contributed by atoms with van der Waals surface area (Å²) < 4.78 is 84.0. The Morgan fingerprint density at radius 1 is 0.844 bits per heavy atom. The Balaban J connectivity index is 2.10. The Hall–Kier alpha value is -3.11. The number of sulfonamides is 1. The summed E-state index contributed by atoms with van der Waals surface area (Å²) in [6.45, 7) is 0. The van der Waals surface area contributed by atoms with Crippen LogP contribution in [0.3, 0.4) is 0 Å². The Labute approximate surface area is 187 Å². The van der Waals surface area contributed by atoms with Gasteiger partial charge in [0.1, 0.15) is 10.6 Å². The summed E-state index contributed by atoms with van der Waals surface area (Å²) >= 11 is 5.90. The van der Waals surface area contributed by atoms with E-state index in [-0.39, 0.29) is 27.2 Å².